The molecule has 0 amide bonds. The van der Waals surface area contributed by atoms with E-state index in [1.165, 1.54) is 188 Å². The van der Waals surface area contributed by atoms with Crippen LogP contribution < -0.4 is 26.2 Å². The van der Waals surface area contributed by atoms with Crippen molar-refractivity contribution in [1.29, 1.82) is 0 Å². The zero-order valence-corrected chi connectivity index (χ0v) is 72.4. The highest BCUT2D eigenvalue weighted by Gasteiger charge is 2.44. The molecule has 0 atom stereocenters. The van der Waals surface area contributed by atoms with E-state index in [-0.39, 0.29) is 39.2 Å². The molecule has 0 aliphatic carbocycles. The summed E-state index contributed by atoms with van der Waals surface area (Å²) in [6.07, 6.45) is 4.34. The summed E-state index contributed by atoms with van der Waals surface area (Å²) in [5, 5.41) is 5.27. The minimum absolute atomic E-state index is 0.0177. The number of benzene rings is 13. The summed E-state index contributed by atoms with van der Waals surface area (Å²) < 4.78 is 5.26. The molecule has 0 fully saturated rings. The van der Waals surface area contributed by atoms with Crippen LogP contribution in [0.2, 0.25) is 0 Å². The van der Waals surface area contributed by atoms with Gasteiger partial charge in [0.1, 0.15) is 0 Å². The van der Waals surface area contributed by atoms with Crippen LogP contribution in [0.15, 0.2) is 267 Å². The fourth-order valence-corrected chi connectivity index (χ4v) is 18.7. The van der Waals surface area contributed by atoms with Gasteiger partial charge in [0.25, 0.3) is 6.71 Å². The molecule has 4 nitrogen and oxygen atoms in total. The lowest BCUT2D eigenvalue weighted by Crippen LogP contribution is -2.62. The Bertz CT molecular complexity index is 5630. The fraction of sp³-hybridized carbons (Fsp3) is 0.297. The molecule has 0 bridgehead atoms. The largest absolute Gasteiger partial charge is 0.338 e. The molecule has 0 radical (unpaired) electrons. The molecule has 2 aliphatic rings. The normalized spacial score (nSPS) is 13.4. The number of anilines is 4. The zero-order valence-electron chi connectivity index (χ0n) is 72.4. The van der Waals surface area contributed by atoms with Gasteiger partial charge in [0.2, 0.25) is 0 Å². The van der Waals surface area contributed by atoms with Gasteiger partial charge in [0, 0.05) is 92.5 Å². The minimum Gasteiger partial charge on any atom is -0.338 e. The maximum Gasteiger partial charge on any atom is 0.252 e. The third-order valence-corrected chi connectivity index (χ3v) is 25.6. The average Bonchev–Trinajstić information content (AvgIpc) is 0.943. The molecule has 0 N–H and O–H groups in total. The Kier molecular flexibility index (Phi) is 19.7. The molecule has 0 unspecified atom stereocenters. The second-order valence-corrected chi connectivity index (χ2v) is 40.1. The Labute approximate surface area is 692 Å². The Morgan fingerprint density at radius 1 is 0.259 bits per heavy atom. The zero-order chi connectivity index (χ0) is 81.3. The quantitative estimate of drug-likeness (QED) is 0.0708. The van der Waals surface area contributed by atoms with Crippen LogP contribution in [0, 0.1) is 0 Å². The summed E-state index contributed by atoms with van der Waals surface area (Å²) >= 11 is 0. The average molecular weight is 1520 g/mol. The van der Waals surface area contributed by atoms with Crippen molar-refractivity contribution in [3.05, 3.63) is 328 Å². The highest BCUT2D eigenvalue weighted by atomic mass is 15.2. The molecular weight excluding hydrogens is 1400 g/mol. The van der Waals surface area contributed by atoms with Crippen LogP contribution in [0.1, 0.15) is 212 Å². The third-order valence-electron chi connectivity index (χ3n) is 25.6. The molecule has 0 spiro atoms. The summed E-state index contributed by atoms with van der Waals surface area (Å²) in [4.78, 5) is 5.64. The SMILES string of the molecule is CCCCCc1cc2c3c(c1)N(Cc1c(-c4ccccc4)cc(C(C)(C)C)cc1-c1ccccc1)c1cc(Cn4c5ccc(C(C)(C)C)cc5c5cc(C(C)(C)C)ccc54)ccc1B3c1ccc(Cn3c4ccc(C(C)(C)C)cc4c4cc(C(C)(C)C)ccc43)cc1N2Cc1c(-c2ccccc2)cc(C(C)(C)C)cc1-c1ccccc1. The molecule has 5 heteroatoms. The van der Waals surface area contributed by atoms with E-state index in [2.05, 4.69) is 417 Å². The first-order chi connectivity index (χ1) is 55.2. The van der Waals surface area contributed by atoms with Gasteiger partial charge in [-0.1, -0.05) is 339 Å². The number of hydrogen-bond acceptors (Lipinski definition) is 2. The van der Waals surface area contributed by atoms with Crippen molar-refractivity contribution >= 4 is 89.5 Å². The summed E-state index contributed by atoms with van der Waals surface area (Å²) in [6, 6.07) is 105. The number of aryl methyl sites for hydroxylation is 1. The van der Waals surface area contributed by atoms with Crippen LogP contribution in [0.5, 0.6) is 0 Å². The first kappa shape index (κ1) is 77.7. The Morgan fingerprint density at radius 2 is 0.543 bits per heavy atom. The van der Waals surface area contributed by atoms with Crippen molar-refractivity contribution in [3.8, 4) is 44.5 Å². The molecule has 2 aliphatic heterocycles. The van der Waals surface area contributed by atoms with Gasteiger partial charge in [0.05, 0.1) is 0 Å². The van der Waals surface area contributed by atoms with Gasteiger partial charge in [-0.3, -0.25) is 0 Å². The second-order valence-electron chi connectivity index (χ2n) is 40.1. The summed E-state index contributed by atoms with van der Waals surface area (Å²) in [5.74, 6) is 0. The van der Waals surface area contributed by atoms with Gasteiger partial charge in [-0.25, -0.2) is 0 Å². The molecule has 0 saturated heterocycles. The molecule has 13 aromatic carbocycles. The molecule has 584 valence electrons. The van der Waals surface area contributed by atoms with Crippen molar-refractivity contribution in [2.24, 2.45) is 0 Å². The molecular formula is C111H117BN4. The molecule has 0 saturated carbocycles. The Morgan fingerprint density at radius 3 is 0.819 bits per heavy atom. The molecule has 2 aromatic heterocycles. The summed E-state index contributed by atoms with van der Waals surface area (Å²) in [7, 11) is 0. The van der Waals surface area contributed by atoms with Crippen LogP contribution >= 0.6 is 0 Å². The van der Waals surface area contributed by atoms with Crippen LogP contribution in [-0.2, 0) is 65.1 Å². The van der Waals surface area contributed by atoms with Crippen LogP contribution in [-0.4, -0.2) is 15.8 Å². The van der Waals surface area contributed by atoms with Gasteiger partial charge >= 0.3 is 0 Å². The van der Waals surface area contributed by atoms with Gasteiger partial charge < -0.3 is 18.9 Å². The number of aromatic nitrogens is 2. The van der Waals surface area contributed by atoms with Crippen molar-refractivity contribution in [1.82, 2.24) is 9.13 Å². The first-order valence-electron chi connectivity index (χ1n) is 42.9. The standard InChI is InChI=1S/C111H117BN4/c1-20-21-26-35-72-56-103-105-104(57-72)116(71-94-87(77-40-31-24-32-41-77)66-84(111(17,18)19)67-88(94)78-42-33-25-34-43-78)102-59-74(69-114-99-54-48-81(108(8,9)10)62-91(99)92-63-82(109(11,12)13)49-55-100(92)114)45-51-96(102)112(105)95-50-44-73(68-113-97-52-46-79(106(2,3)4)60-89(97)90-61-80(107(5,6)7)47-53-98(90)113)58-101(95)115(103)70-93-85(75-36-27-22-28-37-75)64-83(110(14,15)16)65-86(93)76-38-29-23-30-39-76/h22-25,27-34,36-67H,20-21,26,35,68-71H2,1-19H3. The summed E-state index contributed by atoms with van der Waals surface area (Å²) in [5.41, 5.74) is 38.4. The van der Waals surface area contributed by atoms with E-state index in [0.717, 1.165) is 25.7 Å². The Hall–Kier alpha value is -10.9. The Balaban J connectivity index is 0.960. The molecule has 15 aromatic rings. The number of hydrogen-bond donors (Lipinski definition) is 0. The van der Waals surface area contributed by atoms with E-state index in [0.29, 0.717) is 26.2 Å². The van der Waals surface area contributed by atoms with E-state index in [4.69, 9.17) is 0 Å². The van der Waals surface area contributed by atoms with Crippen molar-refractivity contribution in [3.63, 3.8) is 0 Å². The van der Waals surface area contributed by atoms with E-state index in [1.54, 1.807) is 0 Å². The van der Waals surface area contributed by atoms with Gasteiger partial charge in [-0.15, -0.1) is 0 Å². The predicted octanol–water partition coefficient (Wildman–Crippen LogP) is 28.0. The molecule has 4 heterocycles. The minimum atomic E-state index is -0.132. The fourth-order valence-electron chi connectivity index (χ4n) is 18.7. The van der Waals surface area contributed by atoms with E-state index in [9.17, 15) is 0 Å². The van der Waals surface area contributed by atoms with Crippen LogP contribution in [0.4, 0.5) is 22.7 Å². The topological polar surface area (TPSA) is 16.3 Å². The van der Waals surface area contributed by atoms with Crippen molar-refractivity contribution in [2.75, 3.05) is 9.80 Å². The third kappa shape index (κ3) is 14.5. The molecule has 17 rings (SSSR count). The lowest BCUT2D eigenvalue weighted by atomic mass is 9.33. The van der Waals surface area contributed by atoms with E-state index in [1.807, 2.05) is 0 Å². The predicted molar refractivity (Wildman–Crippen MR) is 503 cm³/mol. The van der Waals surface area contributed by atoms with Crippen molar-refractivity contribution in [2.45, 2.75) is 216 Å². The lowest BCUT2D eigenvalue weighted by Gasteiger charge is -2.45. The smallest absolute Gasteiger partial charge is 0.252 e. The number of unbranched alkanes of at least 4 members (excludes halogenated alkanes) is 2. The second kappa shape index (κ2) is 29.4. The maximum absolute atomic E-state index is 2.82. The van der Waals surface area contributed by atoms with Crippen molar-refractivity contribution < 1.29 is 0 Å². The monoisotopic (exact) mass is 1520 g/mol. The number of nitrogens with zero attached hydrogens (tertiary/aromatic N) is 4. The number of fused-ring (bicyclic) bond motifs is 10. The maximum atomic E-state index is 2.82. The van der Waals surface area contributed by atoms with E-state index < -0.39 is 0 Å². The van der Waals surface area contributed by atoms with Gasteiger partial charge in [0.15, 0.2) is 0 Å². The molecule has 116 heavy (non-hydrogen) atoms. The van der Waals surface area contributed by atoms with Gasteiger partial charge in [-0.2, -0.15) is 0 Å². The highest BCUT2D eigenvalue weighted by molar-refractivity contribution is 7.00. The van der Waals surface area contributed by atoms with Crippen LogP contribution in [0.3, 0.4) is 0 Å². The van der Waals surface area contributed by atoms with Gasteiger partial charge in [-0.05, 0) is 240 Å². The van der Waals surface area contributed by atoms with Crippen LogP contribution in [0.25, 0.3) is 88.1 Å². The van der Waals surface area contributed by atoms with E-state index >= 15 is 0 Å². The number of rotatable bonds is 16. The first-order valence-corrected chi connectivity index (χ1v) is 42.9. The summed E-state index contributed by atoms with van der Waals surface area (Å²) in [6.45, 7) is 47.3. The lowest BCUT2D eigenvalue weighted by molar-refractivity contribution is 0.590. The highest BCUT2D eigenvalue weighted by Crippen LogP contribution is 2.49.